The number of ether oxygens (including phenoxy) is 1. The first-order chi connectivity index (χ1) is 6.88. The Labute approximate surface area is 83.3 Å². The standard InChI is InChI=1S/C6H7NO.C2HF3O2/c1-8-6-2-4-7-5-3-6;3-2(4,5)1(6)7/h2-5H,1H3;(H,6,7). The number of aliphatic carboxylic acids is 1. The number of H-pyrrole nitrogens is 1. The fourth-order valence-electron chi connectivity index (χ4n) is 0.508. The Balaban J connectivity index is 0.000000265. The molecule has 0 spiro atoms. The van der Waals surface area contributed by atoms with Gasteiger partial charge in [0.1, 0.15) is 11.7 Å². The molecule has 0 bridgehead atoms. The second-order valence-corrected chi connectivity index (χ2v) is 2.23. The van der Waals surface area contributed by atoms with Gasteiger partial charge < -0.3 is 14.6 Å². The number of carbonyl (C=O) groups is 1. The van der Waals surface area contributed by atoms with Crippen LogP contribution in [0.2, 0.25) is 0 Å². The summed E-state index contributed by atoms with van der Waals surface area (Å²) < 4.78 is 36.4. The van der Waals surface area contributed by atoms with Crippen molar-refractivity contribution in [2.75, 3.05) is 7.11 Å². The van der Waals surface area contributed by atoms with Crippen LogP contribution in [-0.2, 0) is 4.79 Å². The predicted molar refractivity (Wildman–Crippen MR) is 40.6 cm³/mol. The lowest BCUT2D eigenvalue weighted by atomic mass is 10.5. The third-order valence-corrected chi connectivity index (χ3v) is 1.15. The maximum absolute atomic E-state index is 10.5. The van der Waals surface area contributed by atoms with Crippen molar-refractivity contribution in [3.8, 4) is 5.75 Å². The molecule has 0 aliphatic heterocycles. The van der Waals surface area contributed by atoms with Gasteiger partial charge in [0, 0.05) is 12.1 Å². The van der Waals surface area contributed by atoms with Crippen LogP contribution in [0.4, 0.5) is 13.2 Å². The van der Waals surface area contributed by atoms with Crippen molar-refractivity contribution in [3.63, 3.8) is 0 Å². The van der Waals surface area contributed by atoms with Crippen LogP contribution < -0.4 is 14.8 Å². The largest absolute Gasteiger partial charge is 0.542 e. The SMILES string of the molecule is COc1cc[nH+]cc1.O=C([O-])C(F)(F)F. The highest BCUT2D eigenvalue weighted by molar-refractivity contribution is 5.70. The van der Waals surface area contributed by atoms with Gasteiger partial charge in [-0.1, -0.05) is 0 Å². The summed E-state index contributed by atoms with van der Waals surface area (Å²) in [5, 5.41) is 8.78. The van der Waals surface area contributed by atoms with Crippen LogP contribution in [0, 0.1) is 0 Å². The Morgan fingerprint density at radius 2 is 1.80 bits per heavy atom. The lowest BCUT2D eigenvalue weighted by Crippen LogP contribution is -2.37. The van der Waals surface area contributed by atoms with Crippen molar-refractivity contribution in [1.29, 1.82) is 0 Å². The van der Waals surface area contributed by atoms with Crippen LogP contribution in [0.5, 0.6) is 5.75 Å². The quantitative estimate of drug-likeness (QED) is 0.662. The minimum atomic E-state index is -5.19. The van der Waals surface area contributed by atoms with Crippen LogP contribution in [-0.4, -0.2) is 19.3 Å². The summed E-state index contributed by atoms with van der Waals surface area (Å²) in [5.41, 5.74) is 0. The number of hydrogen-bond acceptors (Lipinski definition) is 3. The van der Waals surface area contributed by atoms with E-state index in [4.69, 9.17) is 14.6 Å². The number of carboxylic acids is 1. The summed E-state index contributed by atoms with van der Waals surface area (Å²) in [6.07, 6.45) is -1.56. The van der Waals surface area contributed by atoms with Crippen LogP contribution in [0.3, 0.4) is 0 Å². The molecule has 1 aromatic rings. The molecule has 1 heterocycles. The topological polar surface area (TPSA) is 63.5 Å². The zero-order valence-corrected chi connectivity index (χ0v) is 7.67. The lowest BCUT2D eigenvalue weighted by Gasteiger charge is -2.03. The number of nitrogens with one attached hydrogen (secondary N) is 1. The van der Waals surface area contributed by atoms with Gasteiger partial charge in [0.2, 0.25) is 0 Å². The van der Waals surface area contributed by atoms with Gasteiger partial charge in [-0.2, -0.15) is 13.2 Å². The van der Waals surface area contributed by atoms with E-state index < -0.39 is 12.1 Å². The fourth-order valence-corrected chi connectivity index (χ4v) is 0.508. The molecule has 7 heteroatoms. The summed E-state index contributed by atoms with van der Waals surface area (Å²) in [6, 6.07) is 3.72. The molecular weight excluding hydrogens is 215 g/mol. The van der Waals surface area contributed by atoms with E-state index >= 15 is 0 Å². The average Bonchev–Trinajstić information content (AvgIpc) is 2.18. The number of hydrogen-bond donors (Lipinski definition) is 0. The maximum Gasteiger partial charge on any atom is 0.430 e. The van der Waals surface area contributed by atoms with E-state index in [0.717, 1.165) is 5.75 Å². The average molecular weight is 223 g/mol. The number of carboxylic acid groups (broad SMARTS) is 1. The van der Waals surface area contributed by atoms with Crippen molar-refractivity contribution in [1.82, 2.24) is 0 Å². The van der Waals surface area contributed by atoms with Gasteiger partial charge in [-0.3, -0.25) is 0 Å². The number of halogens is 3. The molecule has 0 aliphatic rings. The van der Waals surface area contributed by atoms with Gasteiger partial charge in [0.05, 0.1) is 7.11 Å². The summed E-state index contributed by atoms with van der Waals surface area (Å²) in [4.78, 5) is 11.7. The zero-order chi connectivity index (χ0) is 11.9. The molecule has 4 nitrogen and oxygen atoms in total. The zero-order valence-electron chi connectivity index (χ0n) is 7.67. The van der Waals surface area contributed by atoms with Crippen LogP contribution in [0.15, 0.2) is 24.5 Å². The van der Waals surface area contributed by atoms with Crippen molar-refractivity contribution in [2.45, 2.75) is 6.18 Å². The second kappa shape index (κ2) is 5.84. The van der Waals surface area contributed by atoms with Crippen LogP contribution in [0.25, 0.3) is 0 Å². The van der Waals surface area contributed by atoms with Gasteiger partial charge in [-0.25, -0.2) is 4.98 Å². The number of aromatic nitrogens is 1. The van der Waals surface area contributed by atoms with Crippen LogP contribution in [0.1, 0.15) is 0 Å². The molecule has 0 aliphatic carbocycles. The molecule has 15 heavy (non-hydrogen) atoms. The van der Waals surface area contributed by atoms with E-state index in [9.17, 15) is 13.2 Å². The van der Waals surface area contributed by atoms with Crippen molar-refractivity contribution >= 4 is 5.97 Å². The maximum atomic E-state index is 10.5. The van der Waals surface area contributed by atoms with Gasteiger partial charge in [-0.15, -0.1) is 0 Å². The Bertz CT molecular complexity index is 300. The molecule has 0 unspecified atom stereocenters. The number of pyridine rings is 1. The Hall–Kier alpha value is -1.79. The van der Waals surface area contributed by atoms with E-state index in [-0.39, 0.29) is 0 Å². The van der Waals surface area contributed by atoms with E-state index in [1.165, 1.54) is 0 Å². The molecule has 0 amide bonds. The highest BCUT2D eigenvalue weighted by Crippen LogP contribution is 2.11. The fraction of sp³-hybridized carbons (Fsp3) is 0.250. The Kier molecular flexibility index (Phi) is 5.14. The molecule has 0 radical (unpaired) electrons. The van der Waals surface area contributed by atoms with Gasteiger partial charge in [0.15, 0.2) is 12.4 Å². The summed E-state index contributed by atoms with van der Waals surface area (Å²) in [6.45, 7) is 0. The van der Waals surface area contributed by atoms with E-state index in [1.807, 2.05) is 24.5 Å². The third kappa shape index (κ3) is 6.30. The number of methoxy groups -OCH3 is 1. The van der Waals surface area contributed by atoms with Gasteiger partial charge in [0.25, 0.3) is 0 Å². The monoisotopic (exact) mass is 223 g/mol. The van der Waals surface area contributed by atoms with Crippen molar-refractivity contribution in [3.05, 3.63) is 24.5 Å². The van der Waals surface area contributed by atoms with E-state index in [2.05, 4.69) is 4.98 Å². The Morgan fingerprint density at radius 3 is 2.00 bits per heavy atom. The first-order valence-corrected chi connectivity index (χ1v) is 3.66. The molecule has 84 valence electrons. The molecule has 0 aromatic carbocycles. The molecule has 0 saturated heterocycles. The third-order valence-electron chi connectivity index (χ3n) is 1.15. The number of alkyl halides is 3. The first-order valence-electron chi connectivity index (χ1n) is 3.66. The molecular formula is C8H8F3NO3. The normalized spacial score (nSPS) is 9.87. The van der Waals surface area contributed by atoms with Crippen molar-refractivity contribution < 1.29 is 32.8 Å². The van der Waals surface area contributed by atoms with E-state index in [1.54, 1.807) is 7.11 Å². The van der Waals surface area contributed by atoms with Gasteiger partial charge in [-0.05, 0) is 0 Å². The molecule has 0 atom stereocenters. The first kappa shape index (κ1) is 13.2. The molecule has 1 aromatic heterocycles. The van der Waals surface area contributed by atoms with E-state index in [0.29, 0.717) is 0 Å². The Morgan fingerprint density at radius 1 is 1.40 bits per heavy atom. The minimum Gasteiger partial charge on any atom is -0.542 e. The highest BCUT2D eigenvalue weighted by atomic mass is 19.4. The van der Waals surface area contributed by atoms with Crippen LogP contribution >= 0.6 is 0 Å². The molecule has 0 fully saturated rings. The molecule has 1 N–H and O–H groups in total. The summed E-state index contributed by atoms with van der Waals surface area (Å²) >= 11 is 0. The molecule has 1 rings (SSSR count). The smallest absolute Gasteiger partial charge is 0.430 e. The lowest BCUT2D eigenvalue weighted by molar-refractivity contribution is -0.378. The number of rotatable bonds is 1. The van der Waals surface area contributed by atoms with Gasteiger partial charge >= 0.3 is 6.18 Å². The molecule has 0 saturated carbocycles. The minimum absolute atomic E-state index is 0.878. The number of carbonyl (C=O) groups excluding carboxylic acids is 1. The predicted octanol–water partition coefficient (Wildman–Crippen LogP) is -0.192. The second-order valence-electron chi connectivity index (χ2n) is 2.23. The van der Waals surface area contributed by atoms with Crippen molar-refractivity contribution in [2.24, 2.45) is 0 Å². The summed E-state index contributed by atoms with van der Waals surface area (Å²) in [5.74, 6) is -2.13. The highest BCUT2D eigenvalue weighted by Gasteiger charge is 2.28. The number of aromatic amines is 1. The summed E-state index contributed by atoms with van der Waals surface area (Å²) in [7, 11) is 1.65.